The Labute approximate surface area is 183 Å². The highest BCUT2D eigenvalue weighted by atomic mass is 15.1. The zero-order chi connectivity index (χ0) is 21.2. The number of hydrogen-bond acceptors (Lipinski definition) is 0. The van der Waals surface area contributed by atoms with E-state index in [-0.39, 0.29) is 0 Å². The van der Waals surface area contributed by atoms with Crippen LogP contribution in [-0.4, -0.2) is 13.6 Å². The molecule has 0 aliphatic heterocycles. The number of hydrogen-bond donors (Lipinski definition) is 1. The predicted molar refractivity (Wildman–Crippen MR) is 131 cm³/mol. The molecule has 0 saturated carbocycles. The molecule has 0 bridgehead atoms. The number of quaternary nitrogens is 1. The van der Waals surface area contributed by atoms with Gasteiger partial charge in [0.05, 0.1) is 13.6 Å². The third-order valence-corrected chi connectivity index (χ3v) is 6.45. The molecule has 1 rings (SSSR count). The van der Waals surface area contributed by atoms with Gasteiger partial charge in [-0.3, -0.25) is 0 Å². The van der Waals surface area contributed by atoms with Crippen LogP contribution in [-0.2, 0) is 0 Å². The van der Waals surface area contributed by atoms with E-state index in [0.29, 0.717) is 5.92 Å². The summed E-state index contributed by atoms with van der Waals surface area (Å²) in [5, 5.41) is 0. The quantitative estimate of drug-likeness (QED) is 0.222. The standard InChI is InChI=1S/C28H51N/c1-5-6-7-8-9-10-11-12-13-14-15-16-17-18-19-22-25-29(4)28-24-21-20-23-27(28)26(2)3/h20-21,23-24,26H,5-19,22,25H2,1-4H3/p+1. The summed E-state index contributed by atoms with van der Waals surface area (Å²) in [6.45, 7) is 8.18. The van der Waals surface area contributed by atoms with Crippen molar-refractivity contribution in [2.75, 3.05) is 13.6 Å². The third-order valence-electron chi connectivity index (χ3n) is 6.45. The van der Waals surface area contributed by atoms with Crippen LogP contribution in [0.4, 0.5) is 5.69 Å². The van der Waals surface area contributed by atoms with Crippen LogP contribution in [0.1, 0.15) is 135 Å². The van der Waals surface area contributed by atoms with Crippen LogP contribution < -0.4 is 4.90 Å². The van der Waals surface area contributed by atoms with Crippen LogP contribution in [0, 0.1) is 0 Å². The predicted octanol–water partition coefficient (Wildman–Crippen LogP) is 8.22. The van der Waals surface area contributed by atoms with Crippen LogP contribution in [0.3, 0.4) is 0 Å². The molecule has 1 N–H and O–H groups in total. The van der Waals surface area contributed by atoms with E-state index in [1.165, 1.54) is 121 Å². The lowest BCUT2D eigenvalue weighted by Crippen LogP contribution is -3.04. The van der Waals surface area contributed by atoms with Gasteiger partial charge in [-0.15, -0.1) is 0 Å². The molecule has 1 atom stereocenters. The molecule has 168 valence electrons. The Morgan fingerprint density at radius 1 is 0.621 bits per heavy atom. The molecule has 0 fully saturated rings. The highest BCUT2D eigenvalue weighted by Crippen LogP contribution is 2.20. The highest BCUT2D eigenvalue weighted by molar-refractivity contribution is 5.41. The van der Waals surface area contributed by atoms with Crippen molar-refractivity contribution in [2.45, 2.75) is 129 Å². The molecule has 1 nitrogen and oxygen atoms in total. The number of rotatable bonds is 19. The van der Waals surface area contributed by atoms with Crippen molar-refractivity contribution in [1.82, 2.24) is 0 Å². The summed E-state index contributed by atoms with van der Waals surface area (Å²) in [6, 6.07) is 8.99. The van der Waals surface area contributed by atoms with E-state index in [4.69, 9.17) is 0 Å². The van der Waals surface area contributed by atoms with Gasteiger partial charge in [-0.05, 0) is 24.8 Å². The molecular formula is C28H52N+. The average molecular weight is 403 g/mol. The number of nitrogens with one attached hydrogen (secondary N) is 1. The van der Waals surface area contributed by atoms with Crippen molar-refractivity contribution in [1.29, 1.82) is 0 Å². The van der Waals surface area contributed by atoms with Gasteiger partial charge in [0.2, 0.25) is 0 Å². The van der Waals surface area contributed by atoms with Crippen LogP contribution in [0.25, 0.3) is 0 Å². The van der Waals surface area contributed by atoms with Crippen molar-refractivity contribution in [3.63, 3.8) is 0 Å². The van der Waals surface area contributed by atoms with Gasteiger partial charge in [-0.25, -0.2) is 0 Å². The second-order valence-electron chi connectivity index (χ2n) is 9.58. The zero-order valence-electron chi connectivity index (χ0n) is 20.4. The Balaban J connectivity index is 1.90. The lowest BCUT2D eigenvalue weighted by molar-refractivity contribution is -0.810. The first-order valence-electron chi connectivity index (χ1n) is 13.1. The van der Waals surface area contributed by atoms with Crippen molar-refractivity contribution in [3.8, 4) is 0 Å². The Morgan fingerprint density at radius 2 is 1.03 bits per heavy atom. The summed E-state index contributed by atoms with van der Waals surface area (Å²) >= 11 is 0. The number of unbranched alkanes of at least 4 members (excludes halogenated alkanes) is 15. The van der Waals surface area contributed by atoms with E-state index in [0.717, 1.165) is 0 Å². The molecule has 0 heterocycles. The minimum Gasteiger partial charge on any atom is -0.305 e. The van der Waals surface area contributed by atoms with Crippen LogP contribution >= 0.6 is 0 Å². The molecule has 0 spiro atoms. The van der Waals surface area contributed by atoms with Crippen molar-refractivity contribution >= 4 is 5.69 Å². The number of benzene rings is 1. The minimum atomic E-state index is 0.618. The first kappa shape index (κ1) is 26.2. The van der Waals surface area contributed by atoms with E-state index in [2.05, 4.69) is 52.1 Å². The molecule has 0 aliphatic rings. The summed E-state index contributed by atoms with van der Waals surface area (Å²) in [4.78, 5) is 1.58. The molecule has 1 aromatic rings. The lowest BCUT2D eigenvalue weighted by Gasteiger charge is -2.18. The molecule has 1 aromatic carbocycles. The fourth-order valence-electron chi connectivity index (χ4n) is 4.46. The highest BCUT2D eigenvalue weighted by Gasteiger charge is 2.13. The SMILES string of the molecule is CCCCCCCCCCCCCCCCCC[NH+](C)c1ccccc1C(C)C. The van der Waals surface area contributed by atoms with E-state index in [1.807, 2.05) is 0 Å². The van der Waals surface area contributed by atoms with Crippen LogP contribution in [0.15, 0.2) is 24.3 Å². The molecule has 0 amide bonds. The maximum atomic E-state index is 2.34. The summed E-state index contributed by atoms with van der Waals surface area (Å²) in [7, 11) is 2.34. The fourth-order valence-corrected chi connectivity index (χ4v) is 4.46. The summed E-state index contributed by atoms with van der Waals surface area (Å²) in [5.74, 6) is 0.618. The van der Waals surface area contributed by atoms with Gasteiger partial charge in [0.1, 0.15) is 5.69 Å². The monoisotopic (exact) mass is 402 g/mol. The molecule has 0 aliphatic carbocycles. The van der Waals surface area contributed by atoms with Gasteiger partial charge in [-0.2, -0.15) is 0 Å². The lowest BCUT2D eigenvalue weighted by atomic mass is 10.0. The summed E-state index contributed by atoms with van der Waals surface area (Å²) < 4.78 is 0. The maximum Gasteiger partial charge on any atom is 0.134 e. The van der Waals surface area contributed by atoms with Gasteiger partial charge >= 0.3 is 0 Å². The van der Waals surface area contributed by atoms with Gasteiger partial charge in [0.15, 0.2) is 0 Å². The first-order valence-corrected chi connectivity index (χ1v) is 13.1. The molecule has 0 radical (unpaired) electrons. The molecule has 1 heteroatoms. The minimum absolute atomic E-state index is 0.618. The Hall–Kier alpha value is -0.820. The zero-order valence-corrected chi connectivity index (χ0v) is 20.4. The summed E-state index contributed by atoms with van der Waals surface area (Å²) in [5.41, 5.74) is 3.02. The Kier molecular flexibility index (Phi) is 16.3. The van der Waals surface area contributed by atoms with Crippen molar-refractivity contribution < 1.29 is 4.90 Å². The van der Waals surface area contributed by atoms with Gasteiger partial charge in [0.25, 0.3) is 0 Å². The van der Waals surface area contributed by atoms with E-state index in [9.17, 15) is 0 Å². The number of para-hydroxylation sites is 1. The van der Waals surface area contributed by atoms with Gasteiger partial charge < -0.3 is 4.90 Å². The third kappa shape index (κ3) is 13.2. The Morgan fingerprint density at radius 3 is 1.48 bits per heavy atom. The smallest absolute Gasteiger partial charge is 0.134 e. The second-order valence-corrected chi connectivity index (χ2v) is 9.58. The second kappa shape index (κ2) is 18.0. The van der Waals surface area contributed by atoms with E-state index in [1.54, 1.807) is 4.90 Å². The molecular weight excluding hydrogens is 350 g/mol. The Bertz CT molecular complexity index is 479. The van der Waals surface area contributed by atoms with Gasteiger partial charge in [0, 0.05) is 5.56 Å². The maximum absolute atomic E-state index is 2.34. The molecule has 29 heavy (non-hydrogen) atoms. The van der Waals surface area contributed by atoms with Crippen molar-refractivity contribution in [2.24, 2.45) is 0 Å². The van der Waals surface area contributed by atoms with Crippen LogP contribution in [0.5, 0.6) is 0 Å². The fraction of sp³-hybridized carbons (Fsp3) is 0.786. The largest absolute Gasteiger partial charge is 0.305 e. The van der Waals surface area contributed by atoms with E-state index >= 15 is 0 Å². The van der Waals surface area contributed by atoms with E-state index < -0.39 is 0 Å². The first-order chi connectivity index (χ1) is 14.2. The molecule has 0 saturated heterocycles. The van der Waals surface area contributed by atoms with Crippen LogP contribution in [0.2, 0.25) is 0 Å². The van der Waals surface area contributed by atoms with Gasteiger partial charge in [-0.1, -0.05) is 129 Å². The summed E-state index contributed by atoms with van der Waals surface area (Å²) in [6.07, 6.45) is 23.1. The van der Waals surface area contributed by atoms with Crippen molar-refractivity contribution in [3.05, 3.63) is 29.8 Å². The topological polar surface area (TPSA) is 4.44 Å². The average Bonchev–Trinajstić information content (AvgIpc) is 2.73. The molecule has 1 unspecified atom stereocenters. The normalized spacial score (nSPS) is 12.6. The molecule has 0 aromatic heterocycles.